The van der Waals surface area contributed by atoms with Gasteiger partial charge in [0.05, 0.1) is 11.6 Å². The molecule has 1 aromatic carbocycles. The molecule has 0 bridgehead atoms. The van der Waals surface area contributed by atoms with Gasteiger partial charge >= 0.3 is 0 Å². The number of rotatable bonds is 5. The summed E-state index contributed by atoms with van der Waals surface area (Å²) in [6, 6.07) is 9.06. The highest BCUT2D eigenvalue weighted by atomic mass is 79.9. The number of thiocarbonyl (C=S) groups is 1. The second-order valence-electron chi connectivity index (χ2n) is 6.11. The van der Waals surface area contributed by atoms with Crippen molar-refractivity contribution in [1.29, 1.82) is 0 Å². The minimum Gasteiger partial charge on any atom is -0.360 e. The summed E-state index contributed by atoms with van der Waals surface area (Å²) in [6.45, 7) is 7.92. The first kappa shape index (κ1) is 19.3. The molecule has 0 spiro atoms. The smallest absolute Gasteiger partial charge is 0.257 e. The quantitative estimate of drug-likeness (QED) is 0.532. The molecule has 2 heterocycles. The number of anilines is 1. The van der Waals surface area contributed by atoms with Crippen LogP contribution in [-0.2, 0) is 4.79 Å². The zero-order valence-corrected chi connectivity index (χ0v) is 17.4. The van der Waals surface area contributed by atoms with Crippen LogP contribution in [0, 0.1) is 6.92 Å². The maximum atomic E-state index is 13.1. The molecule has 0 fully saturated rings. The number of aryl methyl sites for hydroxylation is 1. The molecular formula is C19H19BrN4O2S. The molecule has 0 saturated carbocycles. The maximum absolute atomic E-state index is 13.1. The first-order valence-electron chi connectivity index (χ1n) is 8.30. The topological polar surface area (TPSA) is 70.4 Å². The summed E-state index contributed by atoms with van der Waals surface area (Å²) in [6.07, 6.45) is 1.74. The summed E-state index contributed by atoms with van der Waals surface area (Å²) in [5.41, 5.74) is 2.25. The van der Waals surface area contributed by atoms with Gasteiger partial charge in [-0.2, -0.15) is 0 Å². The monoisotopic (exact) mass is 446 g/mol. The minimum absolute atomic E-state index is 0.269. The summed E-state index contributed by atoms with van der Waals surface area (Å²) in [5, 5.41) is 10.5. The van der Waals surface area contributed by atoms with Gasteiger partial charge in [0, 0.05) is 22.8 Å². The summed E-state index contributed by atoms with van der Waals surface area (Å²) in [5.74, 6) is 0.722. The number of carbonyl (C=O) groups excluding carboxylic acids is 1. The fourth-order valence-electron chi connectivity index (χ4n) is 2.97. The molecule has 1 unspecified atom stereocenters. The molecule has 6 nitrogen and oxygen atoms in total. The third kappa shape index (κ3) is 4.12. The maximum Gasteiger partial charge on any atom is 0.257 e. The van der Waals surface area contributed by atoms with Crippen LogP contribution in [0.5, 0.6) is 0 Å². The molecule has 0 aliphatic carbocycles. The molecular weight excluding hydrogens is 428 g/mol. The lowest BCUT2D eigenvalue weighted by Gasteiger charge is -2.37. The zero-order valence-electron chi connectivity index (χ0n) is 15.0. The van der Waals surface area contributed by atoms with Crippen LogP contribution in [0.15, 0.2) is 63.3 Å². The minimum atomic E-state index is -0.385. The molecule has 1 atom stereocenters. The van der Waals surface area contributed by atoms with E-state index in [4.69, 9.17) is 16.7 Å². The number of halogens is 1. The predicted molar refractivity (Wildman–Crippen MR) is 112 cm³/mol. The third-order valence-corrected chi connectivity index (χ3v) is 5.04. The number of carbonyl (C=O) groups is 1. The van der Waals surface area contributed by atoms with Crippen LogP contribution in [0.4, 0.5) is 5.82 Å². The molecule has 0 radical (unpaired) electrons. The Morgan fingerprint density at radius 2 is 2.26 bits per heavy atom. The van der Waals surface area contributed by atoms with Crippen LogP contribution in [0.2, 0.25) is 0 Å². The van der Waals surface area contributed by atoms with E-state index < -0.39 is 0 Å². The SMILES string of the molecule is C=CCN1C(=S)NC(c2cccc(Br)c2)C(C(=O)Nc2cc(C)on2)=C1C. The highest BCUT2D eigenvalue weighted by Crippen LogP contribution is 2.32. The Bertz CT molecular complexity index is 937. The lowest BCUT2D eigenvalue weighted by atomic mass is 9.94. The Kier molecular flexibility index (Phi) is 5.76. The number of nitrogens with one attached hydrogen (secondary N) is 2. The Morgan fingerprint density at radius 3 is 2.89 bits per heavy atom. The first-order chi connectivity index (χ1) is 12.9. The highest BCUT2D eigenvalue weighted by Gasteiger charge is 2.33. The van der Waals surface area contributed by atoms with Gasteiger partial charge in [0.2, 0.25) is 0 Å². The van der Waals surface area contributed by atoms with Crippen molar-refractivity contribution in [3.05, 3.63) is 70.1 Å². The molecule has 1 amide bonds. The number of hydrogen-bond acceptors (Lipinski definition) is 4. The lowest BCUT2D eigenvalue weighted by molar-refractivity contribution is -0.113. The lowest BCUT2D eigenvalue weighted by Crippen LogP contribution is -2.48. The molecule has 2 aromatic rings. The van der Waals surface area contributed by atoms with E-state index in [1.165, 1.54) is 0 Å². The molecule has 27 heavy (non-hydrogen) atoms. The number of aromatic nitrogens is 1. The molecule has 0 saturated heterocycles. The van der Waals surface area contributed by atoms with E-state index in [0.717, 1.165) is 15.7 Å². The van der Waals surface area contributed by atoms with Gasteiger partial charge in [-0.3, -0.25) is 4.79 Å². The Morgan fingerprint density at radius 1 is 1.48 bits per heavy atom. The molecule has 1 aliphatic heterocycles. The van der Waals surface area contributed by atoms with Crippen LogP contribution >= 0.6 is 28.1 Å². The Hall–Kier alpha value is -2.45. The van der Waals surface area contributed by atoms with Crippen molar-refractivity contribution >= 4 is 45.0 Å². The van der Waals surface area contributed by atoms with Crippen molar-refractivity contribution in [3.63, 3.8) is 0 Å². The zero-order chi connectivity index (χ0) is 19.6. The molecule has 1 aromatic heterocycles. The van der Waals surface area contributed by atoms with Crippen molar-refractivity contribution in [2.45, 2.75) is 19.9 Å². The van der Waals surface area contributed by atoms with E-state index >= 15 is 0 Å². The van der Waals surface area contributed by atoms with Crippen LogP contribution < -0.4 is 10.6 Å². The Labute approximate surface area is 171 Å². The van der Waals surface area contributed by atoms with Gasteiger partial charge in [-0.15, -0.1) is 6.58 Å². The van der Waals surface area contributed by atoms with Crippen molar-refractivity contribution in [3.8, 4) is 0 Å². The van der Waals surface area contributed by atoms with Gasteiger partial charge in [0.15, 0.2) is 10.9 Å². The van der Waals surface area contributed by atoms with Crippen LogP contribution in [0.3, 0.4) is 0 Å². The van der Waals surface area contributed by atoms with E-state index in [1.54, 1.807) is 19.1 Å². The standard InChI is InChI=1S/C19H19BrN4O2S/c1-4-8-24-12(3)16(18(25)21-15-9-11(2)26-23-15)17(22-19(24)27)13-6-5-7-14(20)10-13/h4-7,9-10,17H,1,8H2,2-3H3,(H,22,27)(H,21,23,25). The third-order valence-electron chi connectivity index (χ3n) is 4.20. The molecule has 3 rings (SSSR count). The van der Waals surface area contributed by atoms with E-state index in [0.29, 0.717) is 28.8 Å². The van der Waals surface area contributed by atoms with Crippen LogP contribution in [0.25, 0.3) is 0 Å². The highest BCUT2D eigenvalue weighted by molar-refractivity contribution is 9.10. The van der Waals surface area contributed by atoms with Gasteiger partial charge in [0.25, 0.3) is 5.91 Å². The van der Waals surface area contributed by atoms with Gasteiger partial charge < -0.3 is 20.1 Å². The van der Waals surface area contributed by atoms with E-state index in [-0.39, 0.29) is 11.9 Å². The van der Waals surface area contributed by atoms with Gasteiger partial charge in [-0.05, 0) is 43.8 Å². The summed E-state index contributed by atoms with van der Waals surface area (Å²) in [7, 11) is 0. The van der Waals surface area contributed by atoms with E-state index in [2.05, 4.69) is 38.3 Å². The van der Waals surface area contributed by atoms with Crippen molar-refractivity contribution in [2.24, 2.45) is 0 Å². The second-order valence-corrected chi connectivity index (χ2v) is 7.42. The van der Waals surface area contributed by atoms with E-state index in [9.17, 15) is 4.79 Å². The normalized spacial score (nSPS) is 16.9. The second kappa shape index (κ2) is 8.06. The average molecular weight is 447 g/mol. The summed E-state index contributed by atoms with van der Waals surface area (Å²) < 4.78 is 5.96. The average Bonchev–Trinajstić information content (AvgIpc) is 3.02. The summed E-state index contributed by atoms with van der Waals surface area (Å²) in [4.78, 5) is 15.0. The predicted octanol–water partition coefficient (Wildman–Crippen LogP) is 4.08. The van der Waals surface area contributed by atoms with Crippen molar-refractivity contribution < 1.29 is 9.32 Å². The number of benzene rings is 1. The van der Waals surface area contributed by atoms with Gasteiger partial charge in [0.1, 0.15) is 5.76 Å². The first-order valence-corrected chi connectivity index (χ1v) is 9.50. The van der Waals surface area contributed by atoms with Crippen LogP contribution in [-0.4, -0.2) is 27.6 Å². The summed E-state index contributed by atoms with van der Waals surface area (Å²) >= 11 is 9.00. The molecule has 140 valence electrons. The fraction of sp³-hybridized carbons (Fsp3) is 0.211. The van der Waals surface area contributed by atoms with Crippen LogP contribution in [0.1, 0.15) is 24.3 Å². The number of hydrogen-bond donors (Lipinski definition) is 2. The Balaban J connectivity index is 2.04. The number of nitrogens with zero attached hydrogens (tertiary/aromatic N) is 2. The molecule has 8 heteroatoms. The molecule has 2 N–H and O–H groups in total. The largest absolute Gasteiger partial charge is 0.360 e. The van der Waals surface area contributed by atoms with E-state index in [1.807, 2.05) is 36.1 Å². The van der Waals surface area contributed by atoms with Crippen molar-refractivity contribution in [2.75, 3.05) is 11.9 Å². The van der Waals surface area contributed by atoms with Crippen molar-refractivity contribution in [1.82, 2.24) is 15.4 Å². The number of amides is 1. The van der Waals surface area contributed by atoms with Gasteiger partial charge in [-0.25, -0.2) is 0 Å². The molecule has 1 aliphatic rings. The van der Waals surface area contributed by atoms with Gasteiger partial charge in [-0.1, -0.05) is 39.3 Å². The fourth-order valence-corrected chi connectivity index (χ4v) is 3.72. The number of allylic oxidation sites excluding steroid dienone is 1.